The quantitative estimate of drug-likeness (QED) is 0.644. The summed E-state index contributed by atoms with van der Waals surface area (Å²) in [5, 5.41) is 0. The zero-order valence-electron chi connectivity index (χ0n) is 9.62. The molecular weight excluding hydrogens is 196 g/mol. The van der Waals surface area contributed by atoms with Crippen LogP contribution in [0.5, 0.6) is 0 Å². The van der Waals surface area contributed by atoms with Crippen LogP contribution in [0.4, 0.5) is 0 Å². The van der Waals surface area contributed by atoms with Gasteiger partial charge in [-0.15, -0.1) is 0 Å². The van der Waals surface area contributed by atoms with Crippen molar-refractivity contribution in [3.05, 3.63) is 41.0 Å². The molecule has 1 nitrogen and oxygen atoms in total. The average Bonchev–Trinajstić information content (AvgIpc) is 2.28. The largest absolute Gasteiger partial charge is 0.299 e. The normalized spacial score (nSPS) is 28.1. The van der Waals surface area contributed by atoms with E-state index in [1.165, 1.54) is 16.7 Å². The molecule has 82 valence electrons. The number of carbonyl (C=O) groups is 1. The molecule has 0 amide bonds. The van der Waals surface area contributed by atoms with Crippen LogP contribution in [0.3, 0.4) is 0 Å². The van der Waals surface area contributed by atoms with E-state index in [2.05, 4.69) is 37.3 Å². The Labute approximate surface area is 96.2 Å². The predicted octanol–water partition coefficient (Wildman–Crippen LogP) is 3.39. The van der Waals surface area contributed by atoms with Crippen molar-refractivity contribution in [3.63, 3.8) is 0 Å². The SMILES string of the molecule is CC12Cc3ccccc3C=C1CCCC2=O. The highest BCUT2D eigenvalue weighted by atomic mass is 16.1. The summed E-state index contributed by atoms with van der Waals surface area (Å²) in [4.78, 5) is 12.1. The zero-order valence-corrected chi connectivity index (χ0v) is 9.62. The Morgan fingerprint density at radius 1 is 1.19 bits per heavy atom. The van der Waals surface area contributed by atoms with Crippen LogP contribution in [0.1, 0.15) is 37.3 Å². The van der Waals surface area contributed by atoms with E-state index in [1.807, 2.05) is 0 Å². The molecule has 0 N–H and O–H groups in total. The fourth-order valence-electron chi connectivity index (χ4n) is 3.02. The maximum atomic E-state index is 12.1. The number of Topliss-reactive ketones (excluding diaryl/α,β-unsaturated/α-hetero) is 1. The first-order valence-corrected chi connectivity index (χ1v) is 6.02. The molecule has 2 aliphatic carbocycles. The molecule has 2 aliphatic rings. The van der Waals surface area contributed by atoms with E-state index in [9.17, 15) is 4.79 Å². The fourth-order valence-corrected chi connectivity index (χ4v) is 3.02. The van der Waals surface area contributed by atoms with Crippen LogP contribution in [0.15, 0.2) is 29.8 Å². The molecule has 1 fully saturated rings. The highest BCUT2D eigenvalue weighted by molar-refractivity contribution is 5.91. The molecule has 0 spiro atoms. The smallest absolute Gasteiger partial charge is 0.143 e. The van der Waals surface area contributed by atoms with Gasteiger partial charge in [-0.1, -0.05) is 35.9 Å². The Kier molecular flexibility index (Phi) is 2.03. The molecule has 3 rings (SSSR count). The van der Waals surface area contributed by atoms with Crippen LogP contribution in [0, 0.1) is 5.41 Å². The lowest BCUT2D eigenvalue weighted by atomic mass is 9.64. The number of ketones is 1. The summed E-state index contributed by atoms with van der Waals surface area (Å²) in [5.74, 6) is 0.430. The highest BCUT2D eigenvalue weighted by Gasteiger charge is 2.41. The highest BCUT2D eigenvalue weighted by Crippen LogP contribution is 2.45. The molecule has 0 heterocycles. The van der Waals surface area contributed by atoms with Crippen LogP contribution in [-0.4, -0.2) is 5.78 Å². The van der Waals surface area contributed by atoms with E-state index in [0.29, 0.717) is 5.78 Å². The maximum Gasteiger partial charge on any atom is 0.143 e. The van der Waals surface area contributed by atoms with Gasteiger partial charge >= 0.3 is 0 Å². The standard InChI is InChI=1S/C15H16O/c1-15-10-12-6-3-2-5-11(12)9-13(15)7-4-8-14(15)16/h2-3,5-6,9H,4,7-8,10H2,1H3. The lowest BCUT2D eigenvalue weighted by Gasteiger charge is -2.38. The number of carbonyl (C=O) groups excluding carboxylic acids is 1. The van der Waals surface area contributed by atoms with Crippen molar-refractivity contribution < 1.29 is 4.79 Å². The van der Waals surface area contributed by atoms with Gasteiger partial charge in [0.2, 0.25) is 0 Å². The minimum Gasteiger partial charge on any atom is -0.299 e. The van der Waals surface area contributed by atoms with Crippen molar-refractivity contribution >= 4 is 11.9 Å². The summed E-state index contributed by atoms with van der Waals surface area (Å²) >= 11 is 0. The van der Waals surface area contributed by atoms with Gasteiger partial charge < -0.3 is 0 Å². The minimum absolute atomic E-state index is 0.202. The van der Waals surface area contributed by atoms with Crippen molar-refractivity contribution in [2.75, 3.05) is 0 Å². The number of benzene rings is 1. The summed E-state index contributed by atoms with van der Waals surface area (Å²) in [6.45, 7) is 2.12. The van der Waals surface area contributed by atoms with Crippen molar-refractivity contribution in [2.45, 2.75) is 32.6 Å². The average molecular weight is 212 g/mol. The third-order valence-electron chi connectivity index (χ3n) is 4.10. The number of allylic oxidation sites excluding steroid dienone is 1. The van der Waals surface area contributed by atoms with Crippen LogP contribution in [0.25, 0.3) is 6.08 Å². The minimum atomic E-state index is -0.202. The molecule has 0 bridgehead atoms. The Morgan fingerprint density at radius 2 is 2.00 bits per heavy atom. The van der Waals surface area contributed by atoms with Crippen molar-refractivity contribution in [1.82, 2.24) is 0 Å². The molecule has 1 unspecified atom stereocenters. The van der Waals surface area contributed by atoms with Gasteiger partial charge in [-0.3, -0.25) is 4.79 Å². The van der Waals surface area contributed by atoms with Gasteiger partial charge in [0, 0.05) is 6.42 Å². The summed E-state index contributed by atoms with van der Waals surface area (Å²) in [5.41, 5.74) is 3.78. The fraction of sp³-hybridized carbons (Fsp3) is 0.400. The molecule has 1 aromatic carbocycles. The number of fused-ring (bicyclic) bond motifs is 2. The molecular formula is C15H16O. The van der Waals surface area contributed by atoms with E-state index in [4.69, 9.17) is 0 Å². The third kappa shape index (κ3) is 1.27. The van der Waals surface area contributed by atoms with Gasteiger partial charge in [0.05, 0.1) is 5.41 Å². The van der Waals surface area contributed by atoms with Crippen molar-refractivity contribution in [2.24, 2.45) is 5.41 Å². The first-order valence-electron chi connectivity index (χ1n) is 6.02. The van der Waals surface area contributed by atoms with Crippen LogP contribution >= 0.6 is 0 Å². The summed E-state index contributed by atoms with van der Waals surface area (Å²) < 4.78 is 0. The first kappa shape index (κ1) is 9.83. The second kappa shape index (κ2) is 3.31. The van der Waals surface area contributed by atoms with Gasteiger partial charge in [0.25, 0.3) is 0 Å². The molecule has 0 aliphatic heterocycles. The van der Waals surface area contributed by atoms with Crippen LogP contribution in [-0.2, 0) is 11.2 Å². The summed E-state index contributed by atoms with van der Waals surface area (Å²) in [6, 6.07) is 8.44. The molecule has 1 aromatic rings. The van der Waals surface area contributed by atoms with Crippen LogP contribution in [0.2, 0.25) is 0 Å². The molecule has 0 saturated heterocycles. The van der Waals surface area contributed by atoms with E-state index in [-0.39, 0.29) is 5.41 Å². The maximum absolute atomic E-state index is 12.1. The zero-order chi connectivity index (χ0) is 11.2. The first-order chi connectivity index (χ1) is 7.70. The van der Waals surface area contributed by atoms with E-state index >= 15 is 0 Å². The van der Waals surface area contributed by atoms with Gasteiger partial charge in [-0.05, 0) is 37.3 Å². The molecule has 1 saturated carbocycles. The van der Waals surface area contributed by atoms with E-state index < -0.39 is 0 Å². The monoisotopic (exact) mass is 212 g/mol. The van der Waals surface area contributed by atoms with Crippen molar-refractivity contribution in [3.8, 4) is 0 Å². The van der Waals surface area contributed by atoms with Crippen LogP contribution < -0.4 is 0 Å². The molecule has 0 aromatic heterocycles. The number of hydrogen-bond donors (Lipinski definition) is 0. The van der Waals surface area contributed by atoms with Crippen molar-refractivity contribution in [1.29, 1.82) is 0 Å². The van der Waals surface area contributed by atoms with E-state index in [1.54, 1.807) is 0 Å². The van der Waals surface area contributed by atoms with Gasteiger partial charge in [-0.2, -0.15) is 0 Å². The van der Waals surface area contributed by atoms with Gasteiger partial charge in [0.1, 0.15) is 5.78 Å². The predicted molar refractivity (Wildman–Crippen MR) is 65.1 cm³/mol. The third-order valence-corrected chi connectivity index (χ3v) is 4.10. The lowest BCUT2D eigenvalue weighted by molar-refractivity contribution is -0.127. The Hall–Kier alpha value is -1.37. The lowest BCUT2D eigenvalue weighted by Crippen LogP contribution is -2.37. The summed E-state index contributed by atoms with van der Waals surface area (Å²) in [7, 11) is 0. The number of hydrogen-bond acceptors (Lipinski definition) is 1. The van der Waals surface area contributed by atoms with E-state index in [0.717, 1.165) is 25.7 Å². The van der Waals surface area contributed by atoms with Gasteiger partial charge in [-0.25, -0.2) is 0 Å². The van der Waals surface area contributed by atoms with Gasteiger partial charge in [0.15, 0.2) is 0 Å². The second-order valence-electron chi connectivity index (χ2n) is 5.15. The Morgan fingerprint density at radius 3 is 2.88 bits per heavy atom. The molecule has 1 heteroatoms. The Bertz CT molecular complexity index is 484. The topological polar surface area (TPSA) is 17.1 Å². The second-order valence-corrected chi connectivity index (χ2v) is 5.15. The molecule has 0 radical (unpaired) electrons. The Balaban J connectivity index is 2.14. The number of rotatable bonds is 0. The molecule has 1 atom stereocenters. The molecule has 16 heavy (non-hydrogen) atoms. The summed E-state index contributed by atoms with van der Waals surface area (Å²) in [6.07, 6.45) is 6.03.